The average molecular weight is 220 g/mol. The summed E-state index contributed by atoms with van der Waals surface area (Å²) in [5.74, 6) is 0.810. The molecule has 0 saturated carbocycles. The minimum absolute atomic E-state index is 0.738. The molecule has 0 radical (unpaired) electrons. The minimum atomic E-state index is 0.738. The topological polar surface area (TPSA) is 50.7 Å². The first-order valence-corrected chi connectivity index (χ1v) is 5.47. The fourth-order valence-electron chi connectivity index (χ4n) is 1.15. The molecule has 0 aromatic carbocycles. The van der Waals surface area contributed by atoms with Gasteiger partial charge in [0.1, 0.15) is 5.82 Å². The van der Waals surface area contributed by atoms with E-state index in [0.717, 1.165) is 28.8 Å². The first-order valence-electron chi connectivity index (χ1n) is 4.70. The molecule has 2 heterocycles. The van der Waals surface area contributed by atoms with Gasteiger partial charge in [0.25, 0.3) is 0 Å². The summed E-state index contributed by atoms with van der Waals surface area (Å²) in [6.07, 6.45) is 1.87. The number of anilines is 1. The first-order chi connectivity index (χ1) is 7.24. The van der Waals surface area contributed by atoms with Crippen LogP contribution in [0.25, 0.3) is 0 Å². The van der Waals surface area contributed by atoms with Crippen molar-refractivity contribution in [1.82, 2.24) is 14.3 Å². The second-order valence-corrected chi connectivity index (χ2v) is 4.06. The third kappa shape index (κ3) is 2.73. The lowest BCUT2D eigenvalue weighted by molar-refractivity contribution is 1.07. The highest BCUT2D eigenvalue weighted by molar-refractivity contribution is 7.09. The van der Waals surface area contributed by atoms with Gasteiger partial charge in [0, 0.05) is 30.0 Å². The first kappa shape index (κ1) is 10.0. The molecule has 0 aliphatic carbocycles. The summed E-state index contributed by atoms with van der Waals surface area (Å²) in [6.45, 7) is 4.60. The van der Waals surface area contributed by atoms with E-state index in [1.54, 1.807) is 0 Å². The van der Waals surface area contributed by atoms with Crippen molar-refractivity contribution in [3.63, 3.8) is 0 Å². The molecule has 0 bridgehead atoms. The van der Waals surface area contributed by atoms with E-state index in [9.17, 15) is 0 Å². The lowest BCUT2D eigenvalue weighted by Crippen LogP contribution is -1.99. The number of nitrogens with zero attached hydrogens (tertiary/aromatic N) is 3. The van der Waals surface area contributed by atoms with Gasteiger partial charge in [-0.15, -0.1) is 0 Å². The van der Waals surface area contributed by atoms with Gasteiger partial charge < -0.3 is 5.32 Å². The zero-order valence-electron chi connectivity index (χ0n) is 8.69. The second kappa shape index (κ2) is 4.35. The Morgan fingerprint density at radius 1 is 1.33 bits per heavy atom. The van der Waals surface area contributed by atoms with Crippen molar-refractivity contribution in [2.75, 3.05) is 5.32 Å². The Morgan fingerprint density at radius 3 is 2.80 bits per heavy atom. The molecule has 0 spiro atoms. The van der Waals surface area contributed by atoms with Crippen molar-refractivity contribution in [2.45, 2.75) is 20.4 Å². The smallest absolute Gasteiger partial charge is 0.202 e. The fourth-order valence-corrected chi connectivity index (χ4v) is 1.72. The van der Waals surface area contributed by atoms with Gasteiger partial charge in [0.15, 0.2) is 0 Å². The van der Waals surface area contributed by atoms with E-state index in [4.69, 9.17) is 0 Å². The Kier molecular flexibility index (Phi) is 2.91. The lowest BCUT2D eigenvalue weighted by atomic mass is 10.2. The molecule has 0 atom stereocenters. The van der Waals surface area contributed by atoms with Crippen LogP contribution in [0.5, 0.6) is 0 Å². The van der Waals surface area contributed by atoms with Crippen LogP contribution < -0.4 is 5.32 Å². The Labute approximate surface area is 92.6 Å². The normalized spacial score (nSPS) is 10.3. The molecule has 2 aromatic heterocycles. The van der Waals surface area contributed by atoms with Crippen molar-refractivity contribution < 1.29 is 0 Å². The van der Waals surface area contributed by atoms with Crippen molar-refractivity contribution in [3.8, 4) is 0 Å². The van der Waals surface area contributed by atoms with Crippen LogP contribution in [-0.4, -0.2) is 14.3 Å². The molecule has 1 N–H and O–H groups in total. The molecule has 0 amide bonds. The summed E-state index contributed by atoms with van der Waals surface area (Å²) >= 11 is 1.38. The zero-order valence-corrected chi connectivity index (χ0v) is 9.51. The highest BCUT2D eigenvalue weighted by atomic mass is 32.1. The quantitative estimate of drug-likeness (QED) is 0.861. The maximum Gasteiger partial charge on any atom is 0.202 e. The van der Waals surface area contributed by atoms with Gasteiger partial charge in [-0.25, -0.2) is 4.98 Å². The summed E-state index contributed by atoms with van der Waals surface area (Å²) in [7, 11) is 0. The molecule has 0 unspecified atom stereocenters. The Morgan fingerprint density at radius 2 is 2.20 bits per heavy atom. The molecular formula is C10H12N4S. The van der Waals surface area contributed by atoms with Gasteiger partial charge in [0.2, 0.25) is 5.13 Å². The van der Waals surface area contributed by atoms with Gasteiger partial charge in [-0.05, 0) is 25.5 Å². The number of rotatable bonds is 3. The predicted molar refractivity (Wildman–Crippen MR) is 60.9 cm³/mol. The van der Waals surface area contributed by atoms with Crippen LogP contribution in [0.1, 0.15) is 17.1 Å². The van der Waals surface area contributed by atoms with Crippen molar-refractivity contribution in [2.24, 2.45) is 0 Å². The van der Waals surface area contributed by atoms with E-state index in [2.05, 4.69) is 25.7 Å². The molecular weight excluding hydrogens is 208 g/mol. The summed E-state index contributed by atoms with van der Waals surface area (Å²) in [5, 5.41) is 4.06. The molecule has 4 nitrogen and oxygen atoms in total. The molecule has 2 aromatic rings. The van der Waals surface area contributed by atoms with Crippen molar-refractivity contribution in [1.29, 1.82) is 0 Å². The monoisotopic (exact) mass is 220 g/mol. The number of hydrogen-bond donors (Lipinski definition) is 1. The Bertz CT molecular complexity index is 435. The van der Waals surface area contributed by atoms with Crippen LogP contribution in [0.3, 0.4) is 0 Å². The Balaban J connectivity index is 1.96. The van der Waals surface area contributed by atoms with Crippen LogP contribution in [0, 0.1) is 13.8 Å². The molecule has 0 saturated heterocycles. The van der Waals surface area contributed by atoms with Crippen molar-refractivity contribution in [3.05, 3.63) is 35.4 Å². The number of aromatic nitrogens is 3. The minimum Gasteiger partial charge on any atom is -0.356 e. The number of aryl methyl sites for hydroxylation is 2. The van der Waals surface area contributed by atoms with Gasteiger partial charge in [-0.1, -0.05) is 6.07 Å². The van der Waals surface area contributed by atoms with Gasteiger partial charge in [-0.2, -0.15) is 4.37 Å². The van der Waals surface area contributed by atoms with Crippen LogP contribution in [0.2, 0.25) is 0 Å². The third-order valence-electron chi connectivity index (χ3n) is 1.94. The Hall–Kier alpha value is -1.49. The largest absolute Gasteiger partial charge is 0.356 e. The predicted octanol–water partition coefficient (Wildman–Crippen LogP) is 2.16. The molecule has 78 valence electrons. The highest BCUT2D eigenvalue weighted by Gasteiger charge is 1.99. The van der Waals surface area contributed by atoms with Crippen molar-refractivity contribution >= 4 is 16.7 Å². The van der Waals surface area contributed by atoms with Crippen LogP contribution in [0.15, 0.2) is 18.3 Å². The number of pyridine rings is 1. The van der Waals surface area contributed by atoms with Crippen LogP contribution in [-0.2, 0) is 6.54 Å². The highest BCUT2D eigenvalue weighted by Crippen LogP contribution is 2.11. The van der Waals surface area contributed by atoms with Gasteiger partial charge in [0.05, 0.1) is 0 Å². The SMILES string of the molecule is Cc1ccc(CNc2nc(C)ns2)cn1. The summed E-state index contributed by atoms with van der Waals surface area (Å²) < 4.78 is 4.10. The molecule has 0 fully saturated rings. The lowest BCUT2D eigenvalue weighted by Gasteiger charge is -2.01. The molecule has 5 heteroatoms. The van der Waals surface area contributed by atoms with E-state index >= 15 is 0 Å². The number of nitrogens with one attached hydrogen (secondary N) is 1. The maximum absolute atomic E-state index is 4.22. The van der Waals surface area contributed by atoms with Crippen LogP contribution >= 0.6 is 11.5 Å². The second-order valence-electron chi connectivity index (χ2n) is 3.31. The van der Waals surface area contributed by atoms with E-state index < -0.39 is 0 Å². The maximum atomic E-state index is 4.22. The molecule has 15 heavy (non-hydrogen) atoms. The van der Waals surface area contributed by atoms with Crippen LogP contribution in [0.4, 0.5) is 5.13 Å². The third-order valence-corrected chi connectivity index (χ3v) is 2.71. The molecule has 2 rings (SSSR count). The van der Waals surface area contributed by atoms with E-state index in [1.165, 1.54) is 11.5 Å². The van der Waals surface area contributed by atoms with Gasteiger partial charge in [-0.3, -0.25) is 4.98 Å². The summed E-state index contributed by atoms with van der Waals surface area (Å²) in [4.78, 5) is 8.44. The van der Waals surface area contributed by atoms with E-state index in [0.29, 0.717) is 0 Å². The molecule has 0 aliphatic rings. The van der Waals surface area contributed by atoms with E-state index in [1.807, 2.05) is 26.1 Å². The summed E-state index contributed by atoms with van der Waals surface area (Å²) in [6, 6.07) is 4.06. The summed E-state index contributed by atoms with van der Waals surface area (Å²) in [5.41, 5.74) is 2.18. The number of hydrogen-bond acceptors (Lipinski definition) is 5. The average Bonchev–Trinajstić information content (AvgIpc) is 2.64. The van der Waals surface area contributed by atoms with E-state index in [-0.39, 0.29) is 0 Å². The zero-order chi connectivity index (χ0) is 10.7. The van der Waals surface area contributed by atoms with Gasteiger partial charge >= 0.3 is 0 Å². The molecule has 0 aliphatic heterocycles. The standard InChI is InChI=1S/C10H12N4S/c1-7-3-4-9(5-11-7)6-12-10-13-8(2)14-15-10/h3-5H,6H2,1-2H3,(H,12,13,14). The fraction of sp³-hybridized carbons (Fsp3) is 0.300.